The van der Waals surface area contributed by atoms with Gasteiger partial charge in [0.1, 0.15) is 47.8 Å². The van der Waals surface area contributed by atoms with Crippen LogP contribution in [0.25, 0.3) is 6.08 Å². The fourth-order valence-electron chi connectivity index (χ4n) is 6.59. The first-order chi connectivity index (χ1) is 33.9. The monoisotopic (exact) mass is 990 g/mol. The summed E-state index contributed by atoms with van der Waals surface area (Å²) in [5.74, 6) is -7.48. The molecule has 0 aliphatic carbocycles. The molecule has 6 atom stereocenters. The summed E-state index contributed by atoms with van der Waals surface area (Å²) in [4.78, 5) is 110. The Hall–Kier alpha value is -7.90. The standard InChI is InChI=1S/C51H62N2O18/c1-8-11-12-13-15-18-26-40(51(5,49(63)65-7)38(24-10-3)69-45(59)31-22-29-43(56)57)71-47(61)36-33-67-41(53-36)27-20-17-14-16-19-25-39(70-46(60)35-32-66-34-52-35)50(4,48(62)64-6)37(23-9-2)68-44(58)30-21-28-42(54)55/h8-20,23-24,27,32-34,37-40H,21-22,25-26,28-31H2,1-7H3,(H,54,55)(H,56,57). The highest BCUT2D eigenvalue weighted by molar-refractivity contribution is 5.89. The zero-order valence-electron chi connectivity index (χ0n) is 40.8. The van der Waals surface area contributed by atoms with E-state index in [0.717, 1.165) is 33.1 Å². The minimum atomic E-state index is -1.84. The molecule has 0 spiro atoms. The summed E-state index contributed by atoms with van der Waals surface area (Å²) in [6.07, 6.45) is 22.1. The summed E-state index contributed by atoms with van der Waals surface area (Å²) in [6.45, 7) is 7.91. The average Bonchev–Trinajstić information content (AvgIpc) is 4.06. The Morgan fingerprint density at radius 3 is 1.49 bits per heavy atom. The van der Waals surface area contributed by atoms with Crippen LogP contribution < -0.4 is 0 Å². The number of esters is 6. The number of carbonyl (C=O) groups is 8. The number of aromatic nitrogens is 2. The number of oxazole rings is 2. The SMILES string of the molecule is CC=CC=CC=CCC(OC(=O)c1coc(C=CC=CC=CCC(OC(=O)c2cocn2)C(C)(C(=O)OC)C(C=CC)OC(=O)CCCC(=O)O)n1)C(C)(C(=O)OC)C(C=CC)OC(=O)CCCC(=O)O. The summed E-state index contributed by atoms with van der Waals surface area (Å²) in [6, 6.07) is 0. The van der Waals surface area contributed by atoms with Gasteiger partial charge >= 0.3 is 47.8 Å². The van der Waals surface area contributed by atoms with E-state index in [-0.39, 0.29) is 68.6 Å². The van der Waals surface area contributed by atoms with E-state index < -0.39 is 83.0 Å². The third-order valence-electron chi connectivity index (χ3n) is 10.5. The van der Waals surface area contributed by atoms with E-state index >= 15 is 0 Å². The Kier molecular flexibility index (Phi) is 26.1. The molecule has 2 aromatic rings. The average molecular weight is 991 g/mol. The second-order valence-electron chi connectivity index (χ2n) is 15.6. The number of allylic oxidation sites excluding steroid dienone is 11. The van der Waals surface area contributed by atoms with Crippen LogP contribution in [-0.4, -0.2) is 107 Å². The molecule has 0 bridgehead atoms. The molecule has 2 aromatic heterocycles. The largest absolute Gasteiger partial charge is 0.481 e. The van der Waals surface area contributed by atoms with Gasteiger partial charge in [-0.25, -0.2) is 19.6 Å². The minimum Gasteiger partial charge on any atom is -0.481 e. The lowest BCUT2D eigenvalue weighted by Gasteiger charge is -2.38. The molecule has 0 radical (unpaired) electrons. The predicted molar refractivity (Wildman–Crippen MR) is 254 cm³/mol. The van der Waals surface area contributed by atoms with Gasteiger partial charge in [-0.2, -0.15) is 0 Å². The molecule has 20 heteroatoms. The van der Waals surface area contributed by atoms with E-state index in [2.05, 4.69) is 9.97 Å². The highest BCUT2D eigenvalue weighted by atomic mass is 16.6. The molecular formula is C51H62N2O18. The van der Waals surface area contributed by atoms with Crippen molar-refractivity contribution in [2.24, 2.45) is 10.8 Å². The van der Waals surface area contributed by atoms with Gasteiger partial charge in [-0.3, -0.25) is 28.8 Å². The number of aliphatic carboxylic acids is 2. The first kappa shape index (κ1) is 59.2. The number of hydrogen-bond acceptors (Lipinski definition) is 18. The van der Waals surface area contributed by atoms with E-state index in [9.17, 15) is 38.4 Å². The van der Waals surface area contributed by atoms with E-state index in [0.29, 0.717) is 0 Å². The van der Waals surface area contributed by atoms with Crippen molar-refractivity contribution in [2.45, 2.75) is 110 Å². The lowest BCUT2D eigenvalue weighted by Crippen LogP contribution is -2.52. The number of hydrogen-bond donors (Lipinski definition) is 2. The summed E-state index contributed by atoms with van der Waals surface area (Å²) in [5.41, 5.74) is -4.14. The first-order valence-electron chi connectivity index (χ1n) is 22.4. The van der Waals surface area contributed by atoms with Crippen LogP contribution in [0, 0.1) is 10.8 Å². The Labute approximate surface area is 411 Å². The zero-order chi connectivity index (χ0) is 52.8. The minimum absolute atomic E-state index is 0.00941. The number of carbonyl (C=O) groups excluding carboxylic acids is 6. The summed E-state index contributed by atoms with van der Waals surface area (Å²) < 4.78 is 43.7. The van der Waals surface area contributed by atoms with Crippen LogP contribution in [0.3, 0.4) is 0 Å². The van der Waals surface area contributed by atoms with Crippen molar-refractivity contribution in [1.29, 1.82) is 0 Å². The molecule has 0 aromatic carbocycles. The highest BCUT2D eigenvalue weighted by Crippen LogP contribution is 2.38. The van der Waals surface area contributed by atoms with Crippen LogP contribution >= 0.6 is 0 Å². The molecule has 2 N–H and O–H groups in total. The number of ether oxygens (including phenoxy) is 6. The number of nitrogens with zero attached hydrogens (tertiary/aromatic N) is 2. The molecular weight excluding hydrogens is 929 g/mol. The van der Waals surface area contributed by atoms with Gasteiger partial charge < -0.3 is 47.5 Å². The van der Waals surface area contributed by atoms with Crippen molar-refractivity contribution < 1.29 is 85.8 Å². The maximum Gasteiger partial charge on any atom is 0.360 e. The molecule has 2 heterocycles. The fraction of sp³-hybridized carbons (Fsp3) is 0.412. The van der Waals surface area contributed by atoms with E-state index in [1.165, 1.54) is 44.2 Å². The van der Waals surface area contributed by atoms with Crippen LogP contribution in [0.15, 0.2) is 119 Å². The van der Waals surface area contributed by atoms with Crippen molar-refractivity contribution in [2.75, 3.05) is 14.2 Å². The molecule has 20 nitrogen and oxygen atoms in total. The van der Waals surface area contributed by atoms with Crippen molar-refractivity contribution in [3.8, 4) is 0 Å². The smallest absolute Gasteiger partial charge is 0.360 e. The molecule has 0 saturated carbocycles. The summed E-state index contributed by atoms with van der Waals surface area (Å²) in [5, 5.41) is 18.0. The second kappa shape index (κ2) is 31.3. The number of carboxylic acids is 2. The summed E-state index contributed by atoms with van der Waals surface area (Å²) >= 11 is 0. The van der Waals surface area contributed by atoms with Gasteiger partial charge in [-0.05, 0) is 59.6 Å². The molecule has 71 heavy (non-hydrogen) atoms. The van der Waals surface area contributed by atoms with Crippen LogP contribution in [0.1, 0.15) is 113 Å². The molecule has 0 aliphatic rings. The van der Waals surface area contributed by atoms with Crippen LogP contribution in [-0.2, 0) is 57.2 Å². The van der Waals surface area contributed by atoms with Gasteiger partial charge in [0.05, 0.1) is 14.2 Å². The Balaban J connectivity index is 2.40. The molecule has 0 saturated heterocycles. The van der Waals surface area contributed by atoms with Gasteiger partial charge in [0.25, 0.3) is 0 Å². The van der Waals surface area contributed by atoms with Crippen LogP contribution in [0.2, 0.25) is 0 Å². The molecule has 0 amide bonds. The lowest BCUT2D eigenvalue weighted by atomic mass is 9.76. The zero-order valence-corrected chi connectivity index (χ0v) is 40.8. The van der Waals surface area contributed by atoms with Crippen LogP contribution in [0.4, 0.5) is 0 Å². The molecule has 0 aliphatic heterocycles. The molecule has 2 rings (SSSR count). The lowest BCUT2D eigenvalue weighted by molar-refractivity contribution is -0.178. The van der Waals surface area contributed by atoms with Crippen molar-refractivity contribution in [3.05, 3.63) is 127 Å². The highest BCUT2D eigenvalue weighted by Gasteiger charge is 2.53. The van der Waals surface area contributed by atoms with Gasteiger partial charge in [0.2, 0.25) is 5.89 Å². The van der Waals surface area contributed by atoms with E-state index in [1.807, 2.05) is 13.0 Å². The predicted octanol–water partition coefficient (Wildman–Crippen LogP) is 7.85. The Morgan fingerprint density at radius 1 is 0.606 bits per heavy atom. The molecule has 0 fully saturated rings. The van der Waals surface area contributed by atoms with Gasteiger partial charge in [-0.1, -0.05) is 79.0 Å². The second-order valence-corrected chi connectivity index (χ2v) is 15.6. The maximum absolute atomic E-state index is 13.7. The van der Waals surface area contributed by atoms with E-state index in [4.69, 9.17) is 47.5 Å². The van der Waals surface area contributed by atoms with E-state index in [1.54, 1.807) is 74.6 Å². The topological polar surface area (TPSA) is 284 Å². The third kappa shape index (κ3) is 19.2. The fourth-order valence-corrected chi connectivity index (χ4v) is 6.59. The van der Waals surface area contributed by atoms with Crippen molar-refractivity contribution >= 4 is 53.8 Å². The molecule has 6 unspecified atom stereocenters. The number of carboxylic acid groups (broad SMARTS) is 2. The van der Waals surface area contributed by atoms with Gasteiger partial charge in [-0.15, -0.1) is 0 Å². The maximum atomic E-state index is 13.7. The Morgan fingerprint density at radius 2 is 1.07 bits per heavy atom. The molecule has 384 valence electrons. The van der Waals surface area contributed by atoms with Gasteiger partial charge in [0.15, 0.2) is 17.8 Å². The third-order valence-corrected chi connectivity index (χ3v) is 10.5. The number of methoxy groups -OCH3 is 2. The van der Waals surface area contributed by atoms with Crippen molar-refractivity contribution in [3.63, 3.8) is 0 Å². The number of rotatable bonds is 31. The normalized spacial score (nSPS) is 15.5. The summed E-state index contributed by atoms with van der Waals surface area (Å²) in [7, 11) is 2.25. The first-order valence-corrected chi connectivity index (χ1v) is 22.4. The quantitative estimate of drug-likeness (QED) is 0.0314. The van der Waals surface area contributed by atoms with Gasteiger partial charge in [0, 0.05) is 44.6 Å². The van der Waals surface area contributed by atoms with Crippen molar-refractivity contribution in [1.82, 2.24) is 9.97 Å². The Bertz CT molecular complexity index is 2330. The van der Waals surface area contributed by atoms with Crippen LogP contribution in [0.5, 0.6) is 0 Å².